The first kappa shape index (κ1) is 19.6. The van der Waals surface area contributed by atoms with Gasteiger partial charge in [-0.05, 0) is 30.3 Å². The molecule has 1 aliphatic rings. The van der Waals surface area contributed by atoms with Crippen molar-refractivity contribution in [2.75, 3.05) is 33.3 Å². The van der Waals surface area contributed by atoms with E-state index in [1.807, 2.05) is 12.1 Å². The van der Waals surface area contributed by atoms with Crippen LogP contribution in [0.4, 0.5) is 0 Å². The van der Waals surface area contributed by atoms with E-state index in [0.29, 0.717) is 53.1 Å². The number of piperazine rings is 1. The minimum Gasteiger partial charge on any atom is -0.493 e. The average molecular weight is 433 g/mol. The van der Waals surface area contributed by atoms with Crippen molar-refractivity contribution in [3.63, 3.8) is 0 Å². The molecule has 0 saturated carbocycles. The van der Waals surface area contributed by atoms with Crippen molar-refractivity contribution in [1.82, 2.24) is 9.80 Å². The van der Waals surface area contributed by atoms with Crippen molar-refractivity contribution in [3.05, 3.63) is 63.8 Å². The van der Waals surface area contributed by atoms with Crippen molar-refractivity contribution >= 4 is 46.0 Å². The lowest BCUT2D eigenvalue weighted by Gasteiger charge is -2.34. The fraction of sp³-hybridized carbons (Fsp3) is 0.238. The maximum Gasteiger partial charge on any atom is 0.289 e. The molecule has 2 heterocycles. The van der Waals surface area contributed by atoms with E-state index >= 15 is 0 Å². The normalized spacial score (nSPS) is 14.3. The van der Waals surface area contributed by atoms with Crippen LogP contribution < -0.4 is 4.74 Å². The largest absolute Gasteiger partial charge is 0.493 e. The minimum atomic E-state index is -0.207. The molecule has 1 fully saturated rings. The van der Waals surface area contributed by atoms with Crippen molar-refractivity contribution in [2.24, 2.45) is 0 Å². The summed E-state index contributed by atoms with van der Waals surface area (Å²) in [5.41, 5.74) is 0.983. The maximum atomic E-state index is 12.9. The molecule has 150 valence electrons. The van der Waals surface area contributed by atoms with Crippen LogP contribution in [0.2, 0.25) is 10.0 Å². The fourth-order valence-electron chi connectivity index (χ4n) is 3.43. The van der Waals surface area contributed by atoms with E-state index < -0.39 is 0 Å². The molecule has 1 aliphatic heterocycles. The second kappa shape index (κ2) is 7.97. The fourth-order valence-corrected chi connectivity index (χ4v) is 3.96. The van der Waals surface area contributed by atoms with Crippen molar-refractivity contribution < 1.29 is 18.7 Å². The molecule has 1 aromatic heterocycles. The van der Waals surface area contributed by atoms with Crippen molar-refractivity contribution in [2.45, 2.75) is 0 Å². The standard InChI is InChI=1S/C21H18Cl2N2O4/c1-28-17-4-2-3-13-11-18(29-19(13)17)21(27)25-7-5-24(6-8-25)20(26)14-9-15(22)12-16(23)10-14/h2-4,9-12H,5-8H2,1H3. The number of hydrogen-bond donors (Lipinski definition) is 0. The maximum absolute atomic E-state index is 12.9. The van der Waals surface area contributed by atoms with Crippen LogP contribution in [0.15, 0.2) is 46.9 Å². The van der Waals surface area contributed by atoms with Crippen LogP contribution in [0.5, 0.6) is 5.75 Å². The number of benzene rings is 2. The summed E-state index contributed by atoms with van der Waals surface area (Å²) in [6.07, 6.45) is 0. The third-order valence-corrected chi connectivity index (χ3v) is 5.34. The Morgan fingerprint density at radius 3 is 2.17 bits per heavy atom. The van der Waals surface area contributed by atoms with Gasteiger partial charge in [-0.25, -0.2) is 0 Å². The van der Waals surface area contributed by atoms with Crippen LogP contribution in [0.25, 0.3) is 11.0 Å². The first-order valence-corrected chi connectivity index (χ1v) is 9.83. The molecule has 0 atom stereocenters. The summed E-state index contributed by atoms with van der Waals surface area (Å²) in [5, 5.41) is 1.63. The summed E-state index contributed by atoms with van der Waals surface area (Å²) in [6.45, 7) is 1.65. The molecule has 0 bridgehead atoms. The summed E-state index contributed by atoms with van der Waals surface area (Å²) in [7, 11) is 1.56. The van der Waals surface area contributed by atoms with Crippen molar-refractivity contribution in [1.29, 1.82) is 0 Å². The number of furan rings is 1. The molecule has 8 heteroatoms. The molecule has 2 aromatic carbocycles. The van der Waals surface area contributed by atoms with Crippen LogP contribution in [0.1, 0.15) is 20.9 Å². The number of ether oxygens (including phenoxy) is 1. The van der Waals surface area contributed by atoms with Gasteiger partial charge < -0.3 is 19.0 Å². The van der Waals surface area contributed by atoms with Crippen LogP contribution in [-0.2, 0) is 0 Å². The molecule has 4 rings (SSSR count). The zero-order valence-electron chi connectivity index (χ0n) is 15.7. The number of methoxy groups -OCH3 is 1. The number of para-hydroxylation sites is 1. The highest BCUT2D eigenvalue weighted by Crippen LogP contribution is 2.29. The van der Waals surface area contributed by atoms with E-state index in [0.717, 1.165) is 5.39 Å². The number of hydrogen-bond acceptors (Lipinski definition) is 4. The lowest BCUT2D eigenvalue weighted by Crippen LogP contribution is -2.50. The minimum absolute atomic E-state index is 0.157. The smallest absolute Gasteiger partial charge is 0.289 e. The number of rotatable bonds is 3. The zero-order chi connectivity index (χ0) is 20.5. The van der Waals surface area contributed by atoms with E-state index in [-0.39, 0.29) is 17.6 Å². The molecule has 1 saturated heterocycles. The molecule has 2 amide bonds. The Morgan fingerprint density at radius 1 is 0.931 bits per heavy atom. The lowest BCUT2D eigenvalue weighted by atomic mass is 10.1. The Labute approximate surface area is 177 Å². The Kier molecular flexibility index (Phi) is 5.39. The van der Waals surface area contributed by atoms with Gasteiger partial charge in [-0.3, -0.25) is 9.59 Å². The molecule has 3 aromatic rings. The Bertz CT molecular complexity index is 1070. The van der Waals surface area contributed by atoms with Gasteiger partial charge in [0, 0.05) is 47.2 Å². The van der Waals surface area contributed by atoms with Gasteiger partial charge in [-0.2, -0.15) is 0 Å². The molecule has 0 radical (unpaired) electrons. The second-order valence-electron chi connectivity index (χ2n) is 6.73. The third kappa shape index (κ3) is 3.91. The van der Waals surface area contributed by atoms with Crippen LogP contribution >= 0.6 is 23.2 Å². The molecular weight excluding hydrogens is 415 g/mol. The molecule has 0 spiro atoms. The van der Waals surface area contributed by atoms with Gasteiger partial charge in [0.1, 0.15) is 0 Å². The summed E-state index contributed by atoms with van der Waals surface area (Å²) < 4.78 is 11.0. The van der Waals surface area contributed by atoms with Crippen LogP contribution in [-0.4, -0.2) is 54.9 Å². The Balaban J connectivity index is 1.45. The van der Waals surface area contributed by atoms with E-state index in [1.54, 1.807) is 47.2 Å². The number of fused-ring (bicyclic) bond motifs is 1. The predicted octanol–water partition coefficient (Wildman–Crippen LogP) is 4.35. The van der Waals surface area contributed by atoms with Gasteiger partial charge in [-0.15, -0.1) is 0 Å². The average Bonchev–Trinajstić information content (AvgIpc) is 3.16. The van der Waals surface area contributed by atoms with Crippen LogP contribution in [0.3, 0.4) is 0 Å². The molecular formula is C21H18Cl2N2O4. The number of halogens is 2. The van der Waals surface area contributed by atoms with Gasteiger partial charge in [0.05, 0.1) is 7.11 Å². The van der Waals surface area contributed by atoms with Gasteiger partial charge in [-0.1, -0.05) is 35.3 Å². The summed E-state index contributed by atoms with van der Waals surface area (Å²) >= 11 is 12.0. The number of carbonyl (C=O) groups is 2. The zero-order valence-corrected chi connectivity index (χ0v) is 17.2. The lowest BCUT2D eigenvalue weighted by molar-refractivity contribution is 0.0519. The highest BCUT2D eigenvalue weighted by Gasteiger charge is 2.27. The highest BCUT2D eigenvalue weighted by molar-refractivity contribution is 6.35. The van der Waals surface area contributed by atoms with Gasteiger partial charge >= 0.3 is 0 Å². The monoisotopic (exact) mass is 432 g/mol. The van der Waals surface area contributed by atoms with Gasteiger partial charge in [0.15, 0.2) is 17.1 Å². The second-order valence-corrected chi connectivity index (χ2v) is 7.60. The van der Waals surface area contributed by atoms with Gasteiger partial charge in [0.2, 0.25) is 0 Å². The number of carbonyl (C=O) groups excluding carboxylic acids is 2. The SMILES string of the molecule is COc1cccc2cc(C(=O)N3CCN(C(=O)c4cc(Cl)cc(Cl)c4)CC3)oc12. The molecule has 0 unspecified atom stereocenters. The van der Waals surface area contributed by atoms with E-state index in [4.69, 9.17) is 32.4 Å². The topological polar surface area (TPSA) is 63.0 Å². The van der Waals surface area contributed by atoms with E-state index in [2.05, 4.69) is 0 Å². The Morgan fingerprint density at radius 2 is 1.55 bits per heavy atom. The molecule has 6 nitrogen and oxygen atoms in total. The first-order valence-electron chi connectivity index (χ1n) is 9.07. The summed E-state index contributed by atoms with van der Waals surface area (Å²) in [6, 6.07) is 12.0. The number of nitrogens with zero attached hydrogens (tertiary/aromatic N) is 2. The molecule has 29 heavy (non-hydrogen) atoms. The molecule has 0 aliphatic carbocycles. The predicted molar refractivity (Wildman–Crippen MR) is 111 cm³/mol. The van der Waals surface area contributed by atoms with E-state index in [1.165, 1.54) is 0 Å². The summed E-state index contributed by atoms with van der Waals surface area (Å²) in [5.74, 6) is 0.471. The number of amides is 2. The van der Waals surface area contributed by atoms with Gasteiger partial charge in [0.25, 0.3) is 11.8 Å². The Hall–Kier alpha value is -2.70. The van der Waals surface area contributed by atoms with Crippen LogP contribution in [0, 0.1) is 0 Å². The van der Waals surface area contributed by atoms with Crippen molar-refractivity contribution in [3.8, 4) is 5.75 Å². The summed E-state index contributed by atoms with van der Waals surface area (Å²) in [4.78, 5) is 28.9. The molecule has 0 N–H and O–H groups in total. The van der Waals surface area contributed by atoms with E-state index in [9.17, 15) is 9.59 Å². The third-order valence-electron chi connectivity index (χ3n) is 4.90. The first-order chi connectivity index (χ1) is 14.0. The quantitative estimate of drug-likeness (QED) is 0.617. The highest BCUT2D eigenvalue weighted by atomic mass is 35.5.